The summed E-state index contributed by atoms with van der Waals surface area (Å²) in [5.74, 6) is 1.75. The molecule has 1 rings (SSSR count). The molecule has 2 amide bonds. The van der Waals surface area contributed by atoms with E-state index in [4.69, 9.17) is 5.73 Å². The van der Waals surface area contributed by atoms with Crippen LogP contribution in [0.1, 0.15) is 20.3 Å². The van der Waals surface area contributed by atoms with Crippen LogP contribution >= 0.6 is 36.6 Å². The fourth-order valence-electron chi connectivity index (χ4n) is 2.16. The largest absolute Gasteiger partial charge is 0.353 e. The Morgan fingerprint density at radius 2 is 1.87 bits per heavy atom. The van der Waals surface area contributed by atoms with Crippen LogP contribution in [0.2, 0.25) is 0 Å². The summed E-state index contributed by atoms with van der Waals surface area (Å²) in [5.41, 5.74) is 5.75. The molecule has 9 heteroatoms. The molecule has 1 unspecified atom stereocenters. The summed E-state index contributed by atoms with van der Waals surface area (Å²) in [5, 5.41) is 5.51. The van der Waals surface area contributed by atoms with Crippen molar-refractivity contribution >= 4 is 48.4 Å². The molecular formula is C14H30Cl2N4O2S. The minimum absolute atomic E-state index is 0. The van der Waals surface area contributed by atoms with Gasteiger partial charge in [-0.1, -0.05) is 13.8 Å². The van der Waals surface area contributed by atoms with Crippen LogP contribution < -0.4 is 16.4 Å². The summed E-state index contributed by atoms with van der Waals surface area (Å²) in [4.78, 5) is 25.7. The van der Waals surface area contributed by atoms with Crippen LogP contribution in [0, 0.1) is 5.92 Å². The summed E-state index contributed by atoms with van der Waals surface area (Å²) in [6, 6.07) is -0.572. The van der Waals surface area contributed by atoms with Crippen LogP contribution in [0.4, 0.5) is 0 Å². The second-order valence-electron chi connectivity index (χ2n) is 6.19. The van der Waals surface area contributed by atoms with Gasteiger partial charge < -0.3 is 21.3 Å². The molecule has 1 aliphatic rings. The van der Waals surface area contributed by atoms with Crippen molar-refractivity contribution in [1.29, 1.82) is 0 Å². The molecule has 0 aromatic carbocycles. The van der Waals surface area contributed by atoms with E-state index in [1.165, 1.54) is 0 Å². The fraction of sp³-hybridized carbons (Fsp3) is 0.857. The average molecular weight is 389 g/mol. The Balaban J connectivity index is 0. The highest BCUT2D eigenvalue weighted by molar-refractivity contribution is 7.99. The van der Waals surface area contributed by atoms with Crippen LogP contribution in [0.15, 0.2) is 0 Å². The number of amides is 2. The Bertz CT molecular complexity index is 378. The zero-order valence-electron chi connectivity index (χ0n) is 14.3. The van der Waals surface area contributed by atoms with E-state index in [-0.39, 0.29) is 54.6 Å². The molecule has 4 N–H and O–H groups in total. The number of carbonyl (C=O) groups is 2. The standard InChI is InChI=1S/C14H28N4O2S.2ClH/c1-10(2)12(15)13(20)16-7-11(19)17-8-14(18(3)4)5-6-21-9-14;;/h10,12H,5-9,15H2,1-4H3,(H,16,20)(H,17,19);2*1H/t12-,14?;;/m0../s1. The lowest BCUT2D eigenvalue weighted by Gasteiger charge is -2.35. The Hall–Kier alpha value is -0.210. The third kappa shape index (κ3) is 7.47. The molecule has 0 aromatic heterocycles. The summed E-state index contributed by atoms with van der Waals surface area (Å²) < 4.78 is 0. The number of nitrogens with zero attached hydrogens (tertiary/aromatic N) is 1. The van der Waals surface area contributed by atoms with E-state index in [2.05, 4.69) is 15.5 Å². The number of likely N-dealkylation sites (N-methyl/N-ethyl adjacent to an activating group) is 1. The second kappa shape index (κ2) is 11.4. The topological polar surface area (TPSA) is 87.5 Å². The number of hydrogen-bond donors (Lipinski definition) is 3. The monoisotopic (exact) mass is 388 g/mol. The normalized spacial score (nSPS) is 21.3. The van der Waals surface area contributed by atoms with Gasteiger partial charge in [0.1, 0.15) is 0 Å². The van der Waals surface area contributed by atoms with Crippen molar-refractivity contribution in [2.75, 3.05) is 38.7 Å². The molecule has 0 spiro atoms. The molecule has 1 aliphatic heterocycles. The van der Waals surface area contributed by atoms with Crippen LogP contribution in [-0.2, 0) is 9.59 Å². The first-order valence-electron chi connectivity index (χ1n) is 7.33. The van der Waals surface area contributed by atoms with Crippen molar-refractivity contribution in [1.82, 2.24) is 15.5 Å². The van der Waals surface area contributed by atoms with Gasteiger partial charge in [-0.15, -0.1) is 24.8 Å². The first-order chi connectivity index (χ1) is 9.78. The van der Waals surface area contributed by atoms with E-state index >= 15 is 0 Å². The lowest BCUT2D eigenvalue weighted by atomic mass is 9.97. The number of carbonyl (C=O) groups excluding carboxylic acids is 2. The van der Waals surface area contributed by atoms with E-state index in [0.29, 0.717) is 6.54 Å². The number of nitrogens with one attached hydrogen (secondary N) is 2. The zero-order valence-corrected chi connectivity index (χ0v) is 16.7. The fourth-order valence-corrected chi connectivity index (χ4v) is 3.71. The Labute approximate surface area is 155 Å². The Morgan fingerprint density at radius 3 is 2.30 bits per heavy atom. The molecule has 0 radical (unpaired) electrons. The molecule has 23 heavy (non-hydrogen) atoms. The molecule has 0 bridgehead atoms. The molecule has 0 aliphatic carbocycles. The number of halogens is 2. The first kappa shape index (κ1) is 25.0. The minimum Gasteiger partial charge on any atom is -0.353 e. The minimum atomic E-state index is -0.572. The van der Waals surface area contributed by atoms with Gasteiger partial charge in [-0.3, -0.25) is 9.59 Å². The van der Waals surface area contributed by atoms with Gasteiger partial charge in [-0.25, -0.2) is 0 Å². The van der Waals surface area contributed by atoms with E-state index in [0.717, 1.165) is 17.9 Å². The lowest BCUT2D eigenvalue weighted by molar-refractivity contribution is -0.127. The smallest absolute Gasteiger partial charge is 0.239 e. The highest BCUT2D eigenvalue weighted by atomic mass is 35.5. The summed E-state index contributed by atoms with van der Waals surface area (Å²) in [6.45, 7) is 4.35. The summed E-state index contributed by atoms with van der Waals surface area (Å²) in [6.07, 6.45) is 1.07. The van der Waals surface area contributed by atoms with Gasteiger partial charge in [0.2, 0.25) is 11.8 Å². The van der Waals surface area contributed by atoms with Crippen molar-refractivity contribution in [3.63, 3.8) is 0 Å². The van der Waals surface area contributed by atoms with E-state index < -0.39 is 6.04 Å². The number of hydrogen-bond acceptors (Lipinski definition) is 5. The Kier molecular flexibility index (Phi) is 12.4. The summed E-state index contributed by atoms with van der Waals surface area (Å²) in [7, 11) is 4.09. The van der Waals surface area contributed by atoms with Crippen LogP contribution in [0.5, 0.6) is 0 Å². The molecule has 6 nitrogen and oxygen atoms in total. The highest BCUT2D eigenvalue weighted by Crippen LogP contribution is 2.31. The van der Waals surface area contributed by atoms with E-state index in [9.17, 15) is 9.59 Å². The quantitative estimate of drug-likeness (QED) is 0.590. The van der Waals surface area contributed by atoms with Crippen molar-refractivity contribution in [3.8, 4) is 0 Å². The molecule has 1 saturated heterocycles. The molecular weight excluding hydrogens is 359 g/mol. The van der Waals surface area contributed by atoms with Gasteiger partial charge >= 0.3 is 0 Å². The maximum absolute atomic E-state index is 11.9. The molecule has 1 heterocycles. The van der Waals surface area contributed by atoms with Crippen molar-refractivity contribution in [3.05, 3.63) is 0 Å². The third-order valence-electron chi connectivity index (χ3n) is 4.09. The molecule has 2 atom stereocenters. The van der Waals surface area contributed by atoms with Gasteiger partial charge in [0.15, 0.2) is 0 Å². The van der Waals surface area contributed by atoms with Gasteiger partial charge in [0, 0.05) is 17.8 Å². The van der Waals surface area contributed by atoms with E-state index in [1.807, 2.05) is 39.7 Å². The number of rotatable bonds is 7. The molecule has 1 fully saturated rings. The van der Waals surface area contributed by atoms with Crippen LogP contribution in [0.25, 0.3) is 0 Å². The van der Waals surface area contributed by atoms with Crippen molar-refractivity contribution in [2.45, 2.75) is 31.8 Å². The van der Waals surface area contributed by atoms with Gasteiger partial charge in [0.05, 0.1) is 12.6 Å². The maximum atomic E-state index is 11.9. The second-order valence-corrected chi connectivity index (χ2v) is 7.29. The molecule has 0 aromatic rings. The van der Waals surface area contributed by atoms with Gasteiger partial charge in [-0.05, 0) is 32.2 Å². The predicted octanol–water partition coefficient (Wildman–Crippen LogP) is 0.483. The molecule has 0 saturated carbocycles. The van der Waals surface area contributed by atoms with Gasteiger partial charge in [0.25, 0.3) is 0 Å². The van der Waals surface area contributed by atoms with Crippen LogP contribution in [-0.4, -0.2) is 67.0 Å². The van der Waals surface area contributed by atoms with Crippen molar-refractivity contribution < 1.29 is 9.59 Å². The number of thioether (sulfide) groups is 1. The lowest BCUT2D eigenvalue weighted by Crippen LogP contribution is -2.54. The SMILES string of the molecule is CC(C)[C@H](N)C(=O)NCC(=O)NCC1(N(C)C)CCSC1.Cl.Cl. The average Bonchev–Trinajstić information content (AvgIpc) is 2.91. The molecule has 138 valence electrons. The first-order valence-corrected chi connectivity index (χ1v) is 8.49. The van der Waals surface area contributed by atoms with Crippen LogP contribution in [0.3, 0.4) is 0 Å². The van der Waals surface area contributed by atoms with E-state index in [1.54, 1.807) is 0 Å². The van der Waals surface area contributed by atoms with Crippen molar-refractivity contribution in [2.24, 2.45) is 11.7 Å². The number of nitrogens with two attached hydrogens (primary N) is 1. The Morgan fingerprint density at radius 1 is 1.26 bits per heavy atom. The van der Waals surface area contributed by atoms with Gasteiger partial charge in [-0.2, -0.15) is 11.8 Å². The third-order valence-corrected chi connectivity index (χ3v) is 5.32. The predicted molar refractivity (Wildman–Crippen MR) is 102 cm³/mol. The zero-order chi connectivity index (χ0) is 16.0. The summed E-state index contributed by atoms with van der Waals surface area (Å²) >= 11 is 1.91. The maximum Gasteiger partial charge on any atom is 0.239 e. The highest BCUT2D eigenvalue weighted by Gasteiger charge is 2.36.